The zero-order valence-electron chi connectivity index (χ0n) is 12.7. The molecule has 112 valence electrons. The predicted molar refractivity (Wildman–Crippen MR) is 85.6 cm³/mol. The third-order valence-electron chi connectivity index (χ3n) is 3.51. The summed E-state index contributed by atoms with van der Waals surface area (Å²) < 4.78 is 0. The second kappa shape index (κ2) is 8.12. The first-order chi connectivity index (χ1) is 9.49. The van der Waals surface area contributed by atoms with Crippen LogP contribution in [0.25, 0.3) is 0 Å². The minimum absolute atomic E-state index is 0.200. The van der Waals surface area contributed by atoms with Gasteiger partial charge in [-0.05, 0) is 44.6 Å². The third-order valence-corrected chi connectivity index (χ3v) is 3.92. The zero-order chi connectivity index (χ0) is 15.1. The molecular formula is C15H24ClN3O. The molecule has 0 fully saturated rings. The van der Waals surface area contributed by atoms with Crippen molar-refractivity contribution in [1.82, 2.24) is 10.2 Å². The number of carbonyl (C=O) groups is 1. The van der Waals surface area contributed by atoms with Gasteiger partial charge in [0.15, 0.2) is 0 Å². The average Bonchev–Trinajstić information content (AvgIpc) is 2.43. The number of nitrogens with one attached hydrogen (secondary N) is 2. The molecule has 4 nitrogen and oxygen atoms in total. The normalized spacial score (nSPS) is 12.3. The number of hydrogen-bond donors (Lipinski definition) is 2. The summed E-state index contributed by atoms with van der Waals surface area (Å²) in [4.78, 5) is 14.2. The van der Waals surface area contributed by atoms with E-state index in [0.717, 1.165) is 24.3 Å². The predicted octanol–water partition coefficient (Wildman–Crippen LogP) is 3.50. The van der Waals surface area contributed by atoms with Gasteiger partial charge >= 0.3 is 6.03 Å². The van der Waals surface area contributed by atoms with Crippen molar-refractivity contribution in [2.45, 2.75) is 33.7 Å². The maximum Gasteiger partial charge on any atom is 0.319 e. The molecule has 1 rings (SSSR count). The topological polar surface area (TPSA) is 44.4 Å². The Kier molecular flexibility index (Phi) is 6.82. The van der Waals surface area contributed by atoms with Crippen LogP contribution in [0, 0.1) is 6.92 Å². The minimum atomic E-state index is -0.200. The van der Waals surface area contributed by atoms with Crippen molar-refractivity contribution in [2.24, 2.45) is 0 Å². The summed E-state index contributed by atoms with van der Waals surface area (Å²) in [6.07, 6.45) is 0. The van der Waals surface area contributed by atoms with Gasteiger partial charge in [-0.3, -0.25) is 4.90 Å². The summed E-state index contributed by atoms with van der Waals surface area (Å²) in [5.41, 5.74) is 1.62. The molecule has 0 aliphatic heterocycles. The van der Waals surface area contributed by atoms with E-state index in [2.05, 4.69) is 36.3 Å². The number of amides is 2. The maximum atomic E-state index is 11.9. The van der Waals surface area contributed by atoms with Crippen LogP contribution in [-0.2, 0) is 0 Å². The summed E-state index contributed by atoms with van der Waals surface area (Å²) in [5.74, 6) is 0. The van der Waals surface area contributed by atoms with Crippen LogP contribution in [0.5, 0.6) is 0 Å². The van der Waals surface area contributed by atoms with Crippen LogP contribution < -0.4 is 10.6 Å². The second-order valence-electron chi connectivity index (χ2n) is 4.82. The number of hydrogen-bond acceptors (Lipinski definition) is 2. The molecule has 1 atom stereocenters. The fraction of sp³-hybridized carbons (Fsp3) is 0.533. The standard InChI is InChI=1S/C15H24ClN3O/c1-5-19(6-2)11(3)10-17-15(20)18-14-9-7-8-13(16)12(14)4/h7-9,11H,5-6,10H2,1-4H3,(H2,17,18,20)/t11-/m1/s1. The molecule has 5 heteroatoms. The highest BCUT2D eigenvalue weighted by Crippen LogP contribution is 2.22. The van der Waals surface area contributed by atoms with Crippen LogP contribution in [0.4, 0.5) is 10.5 Å². The minimum Gasteiger partial charge on any atom is -0.336 e. The number of rotatable bonds is 6. The van der Waals surface area contributed by atoms with Crippen molar-refractivity contribution in [2.75, 3.05) is 25.0 Å². The Bertz CT molecular complexity index is 447. The first-order valence-corrected chi connectivity index (χ1v) is 7.41. The van der Waals surface area contributed by atoms with Gasteiger partial charge in [0, 0.05) is 23.3 Å². The zero-order valence-corrected chi connectivity index (χ0v) is 13.4. The van der Waals surface area contributed by atoms with Crippen molar-refractivity contribution in [3.05, 3.63) is 28.8 Å². The molecule has 0 spiro atoms. The molecular weight excluding hydrogens is 274 g/mol. The Hall–Kier alpha value is -1.26. The molecule has 0 aromatic heterocycles. The number of halogens is 1. The largest absolute Gasteiger partial charge is 0.336 e. The molecule has 1 aromatic carbocycles. The molecule has 0 aliphatic carbocycles. The van der Waals surface area contributed by atoms with Gasteiger partial charge in [0.2, 0.25) is 0 Å². The lowest BCUT2D eigenvalue weighted by Gasteiger charge is -2.26. The quantitative estimate of drug-likeness (QED) is 0.844. The van der Waals surface area contributed by atoms with Crippen LogP contribution in [0.15, 0.2) is 18.2 Å². The fourth-order valence-electron chi connectivity index (χ4n) is 2.13. The summed E-state index contributed by atoms with van der Waals surface area (Å²) >= 11 is 6.03. The summed E-state index contributed by atoms with van der Waals surface area (Å²) in [6, 6.07) is 5.59. The molecule has 0 bridgehead atoms. The number of anilines is 1. The van der Waals surface area contributed by atoms with Crippen molar-refractivity contribution < 1.29 is 4.79 Å². The summed E-state index contributed by atoms with van der Waals surface area (Å²) in [6.45, 7) is 10.8. The first-order valence-electron chi connectivity index (χ1n) is 7.03. The Balaban J connectivity index is 2.50. The van der Waals surface area contributed by atoms with E-state index < -0.39 is 0 Å². The van der Waals surface area contributed by atoms with E-state index in [0.29, 0.717) is 17.6 Å². The van der Waals surface area contributed by atoms with E-state index >= 15 is 0 Å². The Morgan fingerprint density at radius 1 is 1.35 bits per heavy atom. The second-order valence-corrected chi connectivity index (χ2v) is 5.22. The maximum absolute atomic E-state index is 11.9. The number of carbonyl (C=O) groups excluding carboxylic acids is 1. The van der Waals surface area contributed by atoms with Gasteiger partial charge in [0.25, 0.3) is 0 Å². The highest BCUT2D eigenvalue weighted by Gasteiger charge is 2.12. The molecule has 2 N–H and O–H groups in total. The lowest BCUT2D eigenvalue weighted by atomic mass is 10.2. The van der Waals surface area contributed by atoms with Gasteiger partial charge in [0.1, 0.15) is 0 Å². The van der Waals surface area contributed by atoms with Gasteiger partial charge in [-0.15, -0.1) is 0 Å². The molecule has 0 unspecified atom stereocenters. The van der Waals surface area contributed by atoms with E-state index in [4.69, 9.17) is 11.6 Å². The van der Waals surface area contributed by atoms with E-state index in [1.807, 2.05) is 25.1 Å². The van der Waals surface area contributed by atoms with Gasteiger partial charge in [-0.1, -0.05) is 31.5 Å². The third kappa shape index (κ3) is 4.69. The van der Waals surface area contributed by atoms with E-state index in [-0.39, 0.29) is 6.03 Å². The summed E-state index contributed by atoms with van der Waals surface area (Å²) in [7, 11) is 0. The number of benzene rings is 1. The number of likely N-dealkylation sites (N-methyl/N-ethyl adjacent to an activating group) is 1. The Morgan fingerprint density at radius 3 is 2.60 bits per heavy atom. The Labute approximate surface area is 126 Å². The molecule has 0 saturated heterocycles. The van der Waals surface area contributed by atoms with Gasteiger partial charge < -0.3 is 10.6 Å². The van der Waals surface area contributed by atoms with Crippen LogP contribution in [-0.4, -0.2) is 36.6 Å². The molecule has 0 aliphatic rings. The lowest BCUT2D eigenvalue weighted by Crippen LogP contribution is -2.43. The Morgan fingerprint density at radius 2 is 2.00 bits per heavy atom. The van der Waals surface area contributed by atoms with Crippen molar-refractivity contribution >= 4 is 23.3 Å². The van der Waals surface area contributed by atoms with Gasteiger partial charge in [0.05, 0.1) is 0 Å². The monoisotopic (exact) mass is 297 g/mol. The average molecular weight is 298 g/mol. The molecule has 0 heterocycles. The molecule has 2 amide bonds. The number of nitrogens with zero attached hydrogens (tertiary/aromatic N) is 1. The molecule has 1 aromatic rings. The van der Waals surface area contributed by atoms with E-state index in [9.17, 15) is 4.79 Å². The highest BCUT2D eigenvalue weighted by atomic mass is 35.5. The van der Waals surface area contributed by atoms with Crippen LogP contribution in [0.2, 0.25) is 5.02 Å². The smallest absolute Gasteiger partial charge is 0.319 e. The van der Waals surface area contributed by atoms with E-state index in [1.165, 1.54) is 0 Å². The molecule has 0 radical (unpaired) electrons. The first kappa shape index (κ1) is 16.8. The fourth-order valence-corrected chi connectivity index (χ4v) is 2.30. The van der Waals surface area contributed by atoms with Gasteiger partial charge in [-0.2, -0.15) is 0 Å². The van der Waals surface area contributed by atoms with E-state index in [1.54, 1.807) is 0 Å². The number of urea groups is 1. The highest BCUT2D eigenvalue weighted by molar-refractivity contribution is 6.31. The summed E-state index contributed by atoms with van der Waals surface area (Å²) in [5, 5.41) is 6.37. The van der Waals surface area contributed by atoms with Crippen LogP contribution in [0.1, 0.15) is 26.3 Å². The van der Waals surface area contributed by atoms with Crippen molar-refractivity contribution in [1.29, 1.82) is 0 Å². The van der Waals surface area contributed by atoms with Crippen LogP contribution >= 0.6 is 11.6 Å². The lowest BCUT2D eigenvalue weighted by molar-refractivity contribution is 0.220. The van der Waals surface area contributed by atoms with Crippen molar-refractivity contribution in [3.63, 3.8) is 0 Å². The molecule has 20 heavy (non-hydrogen) atoms. The van der Waals surface area contributed by atoms with Crippen molar-refractivity contribution in [3.8, 4) is 0 Å². The molecule has 0 saturated carbocycles. The van der Waals surface area contributed by atoms with Gasteiger partial charge in [-0.25, -0.2) is 4.79 Å². The van der Waals surface area contributed by atoms with Crippen LogP contribution in [0.3, 0.4) is 0 Å². The SMILES string of the molecule is CCN(CC)[C@H](C)CNC(=O)Nc1cccc(Cl)c1C.